The van der Waals surface area contributed by atoms with Crippen molar-refractivity contribution in [2.24, 2.45) is 0 Å². The normalized spacial score (nSPS) is 15.3. The van der Waals surface area contributed by atoms with Crippen molar-refractivity contribution in [2.75, 3.05) is 43.4 Å². The molecule has 6 nitrogen and oxygen atoms in total. The average Bonchev–Trinajstić information content (AvgIpc) is 2.63. The van der Waals surface area contributed by atoms with Gasteiger partial charge in [0.25, 0.3) is 5.91 Å². The molecule has 0 spiro atoms. The average molecular weight is 351 g/mol. The van der Waals surface area contributed by atoms with E-state index in [2.05, 4.69) is 20.2 Å². The first-order chi connectivity index (χ1) is 12.0. The van der Waals surface area contributed by atoms with E-state index in [-0.39, 0.29) is 5.56 Å². The van der Waals surface area contributed by atoms with Crippen molar-refractivity contribution < 1.29 is 18.0 Å². The van der Waals surface area contributed by atoms with E-state index in [4.69, 9.17) is 0 Å². The lowest BCUT2D eigenvalue weighted by molar-refractivity contribution is 0.102. The molecule has 3 rings (SSSR count). The smallest absolute Gasteiger partial charge is 0.258 e. The number of likely N-dealkylation sites (N-methyl/N-ethyl adjacent to an activating group) is 1. The molecule has 0 radical (unpaired) electrons. The lowest BCUT2D eigenvalue weighted by Crippen LogP contribution is -2.45. The molecule has 132 valence electrons. The second kappa shape index (κ2) is 7.06. The van der Waals surface area contributed by atoms with Crippen molar-refractivity contribution in [1.82, 2.24) is 14.9 Å². The molecule has 0 bridgehead atoms. The van der Waals surface area contributed by atoms with Gasteiger partial charge in [-0.15, -0.1) is 0 Å². The van der Waals surface area contributed by atoms with Crippen LogP contribution in [0.4, 0.5) is 24.8 Å². The highest BCUT2D eigenvalue weighted by molar-refractivity contribution is 6.03. The highest BCUT2D eigenvalue weighted by Crippen LogP contribution is 2.20. The number of nitrogens with zero attached hydrogens (tertiary/aromatic N) is 4. The number of hydrogen-bond acceptors (Lipinski definition) is 5. The van der Waals surface area contributed by atoms with Gasteiger partial charge in [0.2, 0.25) is 5.95 Å². The molecule has 1 aliphatic rings. The Morgan fingerprint density at radius 2 is 1.68 bits per heavy atom. The van der Waals surface area contributed by atoms with Crippen LogP contribution in [0.15, 0.2) is 24.5 Å². The zero-order chi connectivity index (χ0) is 18.0. The summed E-state index contributed by atoms with van der Waals surface area (Å²) in [5.74, 6) is -4.63. The zero-order valence-electron chi connectivity index (χ0n) is 13.5. The van der Waals surface area contributed by atoms with Gasteiger partial charge in [0, 0.05) is 38.6 Å². The maximum absolute atomic E-state index is 13.6. The number of anilines is 2. The van der Waals surface area contributed by atoms with Gasteiger partial charge in [-0.3, -0.25) is 4.79 Å². The molecule has 25 heavy (non-hydrogen) atoms. The second-order valence-corrected chi connectivity index (χ2v) is 5.74. The number of hydrogen-bond donors (Lipinski definition) is 1. The van der Waals surface area contributed by atoms with Crippen LogP contribution in [-0.4, -0.2) is 54.0 Å². The maximum Gasteiger partial charge on any atom is 0.258 e. The largest absolute Gasteiger partial charge is 0.338 e. The van der Waals surface area contributed by atoms with E-state index in [0.717, 1.165) is 38.3 Å². The van der Waals surface area contributed by atoms with Crippen molar-refractivity contribution in [2.45, 2.75) is 0 Å². The number of halogens is 3. The van der Waals surface area contributed by atoms with Crippen LogP contribution >= 0.6 is 0 Å². The molecule has 1 aromatic heterocycles. The molecule has 1 aliphatic heterocycles. The van der Waals surface area contributed by atoms with Crippen molar-refractivity contribution >= 4 is 17.5 Å². The van der Waals surface area contributed by atoms with Gasteiger partial charge < -0.3 is 15.1 Å². The summed E-state index contributed by atoms with van der Waals surface area (Å²) in [4.78, 5) is 24.6. The number of rotatable bonds is 3. The molecule has 2 heterocycles. The van der Waals surface area contributed by atoms with E-state index < -0.39 is 29.0 Å². The standard InChI is InChI=1S/C16H16F3N5O/c1-23-4-6-24(7-5-23)16-20-8-10(9-21-16)15(25)22-12-3-2-11(17)13(18)14(12)19/h2-3,8-9H,4-7H2,1H3,(H,22,25). The van der Waals surface area contributed by atoms with Gasteiger partial charge in [-0.05, 0) is 19.2 Å². The summed E-state index contributed by atoms with van der Waals surface area (Å²) in [5.41, 5.74) is -0.367. The van der Waals surface area contributed by atoms with E-state index >= 15 is 0 Å². The summed E-state index contributed by atoms with van der Waals surface area (Å²) in [6.45, 7) is 3.34. The van der Waals surface area contributed by atoms with Crippen molar-refractivity contribution in [1.29, 1.82) is 0 Å². The van der Waals surface area contributed by atoms with Crippen LogP contribution in [0.3, 0.4) is 0 Å². The Balaban J connectivity index is 1.70. The minimum absolute atomic E-state index is 0.0852. The first-order valence-electron chi connectivity index (χ1n) is 7.66. The van der Waals surface area contributed by atoms with E-state index in [1.54, 1.807) is 0 Å². The molecule has 1 fully saturated rings. The van der Waals surface area contributed by atoms with Crippen LogP contribution in [0.1, 0.15) is 10.4 Å². The number of amides is 1. The third-order valence-electron chi connectivity index (χ3n) is 3.97. The van der Waals surface area contributed by atoms with E-state index in [1.807, 2.05) is 11.9 Å². The van der Waals surface area contributed by atoms with Gasteiger partial charge >= 0.3 is 0 Å². The molecule has 9 heteroatoms. The van der Waals surface area contributed by atoms with Gasteiger partial charge in [-0.1, -0.05) is 0 Å². The first kappa shape index (κ1) is 17.2. The number of piperazine rings is 1. The molecule has 1 amide bonds. The lowest BCUT2D eigenvalue weighted by Gasteiger charge is -2.32. The quantitative estimate of drug-likeness (QED) is 0.856. The number of carbonyl (C=O) groups is 1. The highest BCUT2D eigenvalue weighted by Gasteiger charge is 2.18. The molecule has 2 aromatic rings. The van der Waals surface area contributed by atoms with Crippen molar-refractivity contribution in [3.05, 3.63) is 47.5 Å². The van der Waals surface area contributed by atoms with Crippen molar-refractivity contribution in [3.63, 3.8) is 0 Å². The molecule has 1 aromatic carbocycles. The van der Waals surface area contributed by atoms with Crippen LogP contribution < -0.4 is 10.2 Å². The van der Waals surface area contributed by atoms with E-state index in [9.17, 15) is 18.0 Å². The molecule has 1 N–H and O–H groups in total. The van der Waals surface area contributed by atoms with Gasteiger partial charge in [-0.2, -0.15) is 0 Å². The molecular weight excluding hydrogens is 335 g/mol. The third kappa shape index (κ3) is 3.71. The number of aromatic nitrogens is 2. The molecule has 0 atom stereocenters. The minimum Gasteiger partial charge on any atom is -0.338 e. The predicted octanol–water partition coefficient (Wildman–Crippen LogP) is 1.90. The number of benzene rings is 1. The SMILES string of the molecule is CN1CCN(c2ncc(C(=O)Nc3ccc(F)c(F)c3F)cn2)CC1. The fraction of sp³-hybridized carbons (Fsp3) is 0.312. The Morgan fingerprint density at radius 1 is 1.04 bits per heavy atom. The monoisotopic (exact) mass is 351 g/mol. The predicted molar refractivity (Wildman–Crippen MR) is 86.0 cm³/mol. The molecule has 0 saturated carbocycles. The van der Waals surface area contributed by atoms with E-state index in [1.165, 1.54) is 12.4 Å². The Morgan fingerprint density at radius 3 is 2.32 bits per heavy atom. The summed E-state index contributed by atoms with van der Waals surface area (Å²) in [6.07, 6.45) is 2.63. The molecule has 1 saturated heterocycles. The fourth-order valence-corrected chi connectivity index (χ4v) is 2.43. The Hall–Kier alpha value is -2.68. The van der Waals surface area contributed by atoms with Crippen LogP contribution in [-0.2, 0) is 0 Å². The van der Waals surface area contributed by atoms with Crippen LogP contribution in [0, 0.1) is 17.5 Å². The van der Waals surface area contributed by atoms with E-state index in [0.29, 0.717) is 5.95 Å². The maximum atomic E-state index is 13.6. The van der Waals surface area contributed by atoms with Crippen LogP contribution in [0.25, 0.3) is 0 Å². The van der Waals surface area contributed by atoms with Gasteiger partial charge in [0.15, 0.2) is 17.5 Å². The van der Waals surface area contributed by atoms with Gasteiger partial charge in [0.1, 0.15) is 0 Å². The Labute approximate surface area is 142 Å². The molecular formula is C16H16F3N5O. The Bertz CT molecular complexity index is 776. The number of carbonyl (C=O) groups excluding carboxylic acids is 1. The molecule has 0 aliphatic carbocycles. The summed E-state index contributed by atoms with van der Waals surface area (Å²) >= 11 is 0. The lowest BCUT2D eigenvalue weighted by atomic mass is 10.2. The molecule has 0 unspecified atom stereocenters. The summed E-state index contributed by atoms with van der Waals surface area (Å²) in [6, 6.07) is 1.69. The van der Waals surface area contributed by atoms with Gasteiger partial charge in [-0.25, -0.2) is 23.1 Å². The second-order valence-electron chi connectivity index (χ2n) is 5.74. The summed E-state index contributed by atoms with van der Waals surface area (Å²) < 4.78 is 39.7. The first-order valence-corrected chi connectivity index (χ1v) is 7.66. The van der Waals surface area contributed by atoms with Gasteiger partial charge in [0.05, 0.1) is 11.3 Å². The zero-order valence-corrected chi connectivity index (χ0v) is 13.5. The van der Waals surface area contributed by atoms with Crippen LogP contribution in [0.5, 0.6) is 0 Å². The summed E-state index contributed by atoms with van der Waals surface area (Å²) in [7, 11) is 2.03. The topological polar surface area (TPSA) is 61.4 Å². The van der Waals surface area contributed by atoms with Crippen molar-refractivity contribution in [3.8, 4) is 0 Å². The third-order valence-corrected chi connectivity index (χ3v) is 3.97. The highest BCUT2D eigenvalue weighted by atomic mass is 19.2. The minimum atomic E-state index is -1.64. The fourth-order valence-electron chi connectivity index (χ4n) is 2.43. The number of nitrogens with one attached hydrogen (secondary N) is 1. The van der Waals surface area contributed by atoms with Crippen LogP contribution in [0.2, 0.25) is 0 Å². The summed E-state index contributed by atoms with van der Waals surface area (Å²) in [5, 5.41) is 2.18. The Kier molecular flexibility index (Phi) is 4.84.